The van der Waals surface area contributed by atoms with E-state index in [0.717, 1.165) is 11.6 Å². The van der Waals surface area contributed by atoms with Crippen molar-refractivity contribution in [3.63, 3.8) is 0 Å². The predicted octanol–water partition coefficient (Wildman–Crippen LogP) is 4.61. The van der Waals surface area contributed by atoms with Crippen LogP contribution in [0.1, 0.15) is 11.1 Å². The summed E-state index contributed by atoms with van der Waals surface area (Å²) in [6.07, 6.45) is 3.50. The Labute approximate surface area is 214 Å². The summed E-state index contributed by atoms with van der Waals surface area (Å²) in [5.74, 6) is 1.80. The second-order valence-electron chi connectivity index (χ2n) is 7.46. The largest absolute Gasteiger partial charge is 0.493 e. The highest BCUT2D eigenvalue weighted by Crippen LogP contribution is 2.40. The second kappa shape index (κ2) is 11.5. The lowest BCUT2D eigenvalue weighted by atomic mass is 10.1. The van der Waals surface area contributed by atoms with Crippen molar-refractivity contribution in [1.82, 2.24) is 0 Å². The number of nitrogens with one attached hydrogen (secondary N) is 1. The topological polar surface area (TPSA) is 135 Å². The maximum atomic E-state index is 13.0. The monoisotopic (exact) mass is 530 g/mol. The summed E-state index contributed by atoms with van der Waals surface area (Å²) >= 11 is 0. The molecule has 0 aliphatic rings. The molecule has 3 aromatic rings. The maximum absolute atomic E-state index is 13.0. The van der Waals surface area contributed by atoms with E-state index in [4.69, 9.17) is 23.7 Å². The van der Waals surface area contributed by atoms with Crippen LogP contribution >= 0.6 is 0 Å². The molecule has 0 atom stereocenters. The van der Waals surface area contributed by atoms with Crippen LogP contribution in [-0.4, -0.2) is 48.9 Å². The molecule has 0 saturated carbocycles. The van der Waals surface area contributed by atoms with Crippen molar-refractivity contribution >= 4 is 33.6 Å². The van der Waals surface area contributed by atoms with Gasteiger partial charge in [0.1, 0.15) is 0 Å². The molecule has 12 heteroatoms. The summed E-state index contributed by atoms with van der Waals surface area (Å²) in [7, 11) is 3.13. The Kier molecular flexibility index (Phi) is 8.45. The van der Waals surface area contributed by atoms with Gasteiger partial charge in [-0.1, -0.05) is 18.2 Å². The molecule has 0 unspecified atom stereocenters. The summed E-state index contributed by atoms with van der Waals surface area (Å²) in [4.78, 5) is 10.1. The Hall–Kier alpha value is -4.45. The van der Waals surface area contributed by atoms with Crippen molar-refractivity contribution in [2.45, 2.75) is 4.90 Å². The third kappa shape index (κ3) is 6.04. The van der Waals surface area contributed by atoms with Gasteiger partial charge in [0.25, 0.3) is 15.7 Å². The van der Waals surface area contributed by atoms with Gasteiger partial charge < -0.3 is 23.7 Å². The first-order valence-corrected chi connectivity index (χ1v) is 12.2. The highest BCUT2D eigenvalue weighted by Gasteiger charge is 2.22. The van der Waals surface area contributed by atoms with E-state index >= 15 is 0 Å². The van der Waals surface area contributed by atoms with Crippen LogP contribution in [0, 0.1) is 10.1 Å². The van der Waals surface area contributed by atoms with Crippen LogP contribution in [-0.2, 0) is 10.0 Å². The molecule has 3 rings (SSSR count). The van der Waals surface area contributed by atoms with Gasteiger partial charge in [0, 0.05) is 12.1 Å². The first kappa shape index (κ1) is 27.1. The molecule has 1 N–H and O–H groups in total. The maximum Gasteiger partial charge on any atom is 0.270 e. The molecule has 11 nitrogen and oxygen atoms in total. The Morgan fingerprint density at radius 2 is 1.27 bits per heavy atom. The SMILES string of the molecule is COc1cc(/C=C\c2cc(OC)c(OC)c(OC)c2)cc(NS(=O)(=O)c2cccc([N+](=O)[O-])c2)c1OC. The first-order chi connectivity index (χ1) is 17.7. The lowest BCUT2D eigenvalue weighted by molar-refractivity contribution is -0.385. The van der Waals surface area contributed by atoms with Gasteiger partial charge in [0.15, 0.2) is 23.0 Å². The minimum Gasteiger partial charge on any atom is -0.493 e. The van der Waals surface area contributed by atoms with Crippen molar-refractivity contribution in [3.8, 4) is 28.7 Å². The van der Waals surface area contributed by atoms with E-state index in [1.807, 2.05) is 0 Å². The fourth-order valence-electron chi connectivity index (χ4n) is 3.52. The molecule has 0 aliphatic carbocycles. The van der Waals surface area contributed by atoms with Crippen LogP contribution in [0.4, 0.5) is 11.4 Å². The van der Waals surface area contributed by atoms with Gasteiger partial charge in [-0.25, -0.2) is 8.42 Å². The van der Waals surface area contributed by atoms with Crippen molar-refractivity contribution in [2.24, 2.45) is 0 Å². The van der Waals surface area contributed by atoms with Crippen LogP contribution < -0.4 is 28.4 Å². The Morgan fingerprint density at radius 1 is 0.757 bits per heavy atom. The number of non-ortho nitro benzene ring substituents is 1. The van der Waals surface area contributed by atoms with Crippen LogP contribution in [0.3, 0.4) is 0 Å². The minimum absolute atomic E-state index is 0.0814. The van der Waals surface area contributed by atoms with Crippen LogP contribution in [0.25, 0.3) is 12.2 Å². The molecule has 0 saturated heterocycles. The van der Waals surface area contributed by atoms with Gasteiger partial charge in [-0.15, -0.1) is 0 Å². The fraction of sp³-hybridized carbons (Fsp3) is 0.200. The highest BCUT2D eigenvalue weighted by atomic mass is 32.2. The molecular formula is C25H26N2O9S. The summed E-state index contributed by atoms with van der Waals surface area (Å²) in [6.45, 7) is 0. The lowest BCUT2D eigenvalue weighted by Gasteiger charge is -2.16. The number of hydrogen-bond acceptors (Lipinski definition) is 9. The number of benzene rings is 3. The molecule has 0 aromatic heterocycles. The van der Waals surface area contributed by atoms with Gasteiger partial charge in [0.05, 0.1) is 51.1 Å². The fourth-order valence-corrected chi connectivity index (χ4v) is 4.61. The number of ether oxygens (including phenoxy) is 5. The molecule has 0 radical (unpaired) electrons. The molecule has 0 heterocycles. The normalized spacial score (nSPS) is 11.2. The third-order valence-corrected chi connectivity index (χ3v) is 6.60. The Morgan fingerprint density at radius 3 is 1.76 bits per heavy atom. The number of sulfonamides is 1. The molecule has 0 amide bonds. The third-order valence-electron chi connectivity index (χ3n) is 5.24. The number of rotatable bonds is 11. The van der Waals surface area contributed by atoms with Crippen molar-refractivity contribution < 1.29 is 37.0 Å². The Balaban J connectivity index is 2.04. The van der Waals surface area contributed by atoms with Gasteiger partial charge in [-0.05, 0) is 41.5 Å². The van der Waals surface area contributed by atoms with Crippen molar-refractivity contribution in [3.05, 3.63) is 69.8 Å². The molecule has 0 fully saturated rings. The molecule has 3 aromatic carbocycles. The number of nitro groups is 1. The molecule has 0 bridgehead atoms. The van der Waals surface area contributed by atoms with E-state index in [9.17, 15) is 18.5 Å². The van der Waals surface area contributed by atoms with Crippen molar-refractivity contribution in [1.29, 1.82) is 0 Å². The number of nitrogens with zero attached hydrogens (tertiary/aromatic N) is 1. The number of nitro benzene ring substituents is 1. The number of methoxy groups -OCH3 is 5. The minimum atomic E-state index is -4.20. The van der Waals surface area contributed by atoms with Gasteiger partial charge >= 0.3 is 0 Å². The summed E-state index contributed by atoms with van der Waals surface area (Å²) < 4.78 is 55.4. The average Bonchev–Trinajstić information content (AvgIpc) is 2.90. The van der Waals surface area contributed by atoms with E-state index in [-0.39, 0.29) is 27.8 Å². The lowest BCUT2D eigenvalue weighted by Crippen LogP contribution is -2.14. The van der Waals surface area contributed by atoms with E-state index in [2.05, 4.69) is 4.72 Å². The molecule has 0 spiro atoms. The zero-order valence-electron chi connectivity index (χ0n) is 20.8. The molecule has 196 valence electrons. The molecule has 37 heavy (non-hydrogen) atoms. The zero-order valence-corrected chi connectivity index (χ0v) is 21.6. The number of anilines is 1. The Bertz CT molecular complexity index is 1410. The average molecular weight is 531 g/mol. The van der Waals surface area contributed by atoms with Gasteiger partial charge in [-0.2, -0.15) is 0 Å². The standard InChI is InChI=1S/C25H26N2O9S/c1-32-21-12-16(9-10-17-13-22(33-2)25(36-5)23(14-17)34-3)11-20(24(21)35-4)26-37(30,31)19-8-6-7-18(15-19)27(28)29/h6-15,26H,1-5H3/b10-9-. The smallest absolute Gasteiger partial charge is 0.270 e. The van der Waals surface area contributed by atoms with Gasteiger partial charge in [0.2, 0.25) is 5.75 Å². The van der Waals surface area contributed by atoms with Crippen molar-refractivity contribution in [2.75, 3.05) is 40.3 Å². The molecule has 0 aliphatic heterocycles. The quantitative estimate of drug-likeness (QED) is 0.214. The summed E-state index contributed by atoms with van der Waals surface area (Å²) in [6, 6.07) is 11.4. The van der Waals surface area contributed by atoms with E-state index < -0.39 is 14.9 Å². The van der Waals surface area contributed by atoms with Crippen LogP contribution in [0.15, 0.2) is 53.4 Å². The zero-order chi connectivity index (χ0) is 27.2. The molecular weight excluding hydrogens is 504 g/mol. The van der Waals surface area contributed by atoms with E-state index in [1.54, 1.807) is 36.4 Å². The van der Waals surface area contributed by atoms with E-state index in [0.29, 0.717) is 22.8 Å². The summed E-state index contributed by atoms with van der Waals surface area (Å²) in [5, 5.41) is 11.1. The predicted molar refractivity (Wildman–Crippen MR) is 138 cm³/mol. The van der Waals surface area contributed by atoms with Gasteiger partial charge in [-0.3, -0.25) is 14.8 Å². The van der Waals surface area contributed by atoms with Crippen LogP contribution in [0.5, 0.6) is 28.7 Å². The highest BCUT2D eigenvalue weighted by molar-refractivity contribution is 7.92. The van der Waals surface area contributed by atoms with Crippen LogP contribution in [0.2, 0.25) is 0 Å². The summed E-state index contributed by atoms with van der Waals surface area (Å²) in [5.41, 5.74) is 1.03. The first-order valence-electron chi connectivity index (χ1n) is 10.7. The van der Waals surface area contributed by atoms with E-state index in [1.165, 1.54) is 53.7 Å². The number of hydrogen-bond donors (Lipinski definition) is 1. The second-order valence-corrected chi connectivity index (χ2v) is 9.14.